The first-order valence-electron chi connectivity index (χ1n) is 8.88. The molecule has 3 aromatic rings. The zero-order valence-corrected chi connectivity index (χ0v) is 18.0. The van der Waals surface area contributed by atoms with Crippen molar-refractivity contribution < 1.29 is 4.79 Å². The summed E-state index contributed by atoms with van der Waals surface area (Å²) in [5.41, 5.74) is 6.78. The van der Waals surface area contributed by atoms with E-state index in [2.05, 4.69) is 45.0 Å². The summed E-state index contributed by atoms with van der Waals surface area (Å²) in [4.78, 5) is 20.1. The Hall–Kier alpha value is -2.11. The number of carbonyl (C=O) groups is 1. The molecule has 0 atom stereocenters. The van der Waals surface area contributed by atoms with E-state index in [0.717, 1.165) is 27.8 Å². The lowest BCUT2D eigenvalue weighted by molar-refractivity contribution is -0.115. The molecule has 0 N–H and O–H groups in total. The topological polar surface area (TPSA) is 33.2 Å². The first-order chi connectivity index (χ1) is 12.9. The first kappa shape index (κ1) is 19.6. The van der Waals surface area contributed by atoms with Gasteiger partial charge in [0.15, 0.2) is 5.13 Å². The van der Waals surface area contributed by atoms with Gasteiger partial charge in [-0.15, -0.1) is 23.1 Å². The number of hydrogen-bond donors (Lipinski definition) is 0. The van der Waals surface area contributed by atoms with Gasteiger partial charge in [-0.25, -0.2) is 4.98 Å². The number of aryl methyl sites for hydroxylation is 3. The van der Waals surface area contributed by atoms with Crippen LogP contribution < -0.4 is 4.90 Å². The van der Waals surface area contributed by atoms with Gasteiger partial charge >= 0.3 is 0 Å². The number of thioether (sulfide) groups is 1. The molecule has 1 heterocycles. The van der Waals surface area contributed by atoms with Crippen LogP contribution in [0.3, 0.4) is 0 Å². The largest absolute Gasteiger partial charge is 0.274 e. The molecule has 0 saturated carbocycles. The van der Waals surface area contributed by atoms with Crippen LogP contribution in [0.2, 0.25) is 0 Å². The molecule has 0 aliphatic heterocycles. The molecule has 0 spiro atoms. The van der Waals surface area contributed by atoms with Gasteiger partial charge in [0, 0.05) is 23.0 Å². The average molecular weight is 397 g/mol. The van der Waals surface area contributed by atoms with Crippen LogP contribution in [0, 0.1) is 27.7 Å². The smallest absolute Gasteiger partial charge is 0.230 e. The number of aromatic nitrogens is 1. The van der Waals surface area contributed by atoms with E-state index in [9.17, 15) is 4.79 Å². The molecule has 1 aromatic heterocycles. The lowest BCUT2D eigenvalue weighted by Gasteiger charge is -2.21. The molecule has 27 heavy (non-hydrogen) atoms. The van der Waals surface area contributed by atoms with Crippen molar-refractivity contribution in [3.8, 4) is 0 Å². The molecule has 0 saturated heterocycles. The van der Waals surface area contributed by atoms with Gasteiger partial charge in [-0.1, -0.05) is 18.2 Å². The third kappa shape index (κ3) is 4.42. The second-order valence-corrected chi connectivity index (χ2v) is 8.61. The molecule has 0 radical (unpaired) electrons. The summed E-state index contributed by atoms with van der Waals surface area (Å²) >= 11 is 3.29. The van der Waals surface area contributed by atoms with Crippen LogP contribution in [0.4, 0.5) is 10.8 Å². The maximum Gasteiger partial charge on any atom is 0.230 e. The zero-order chi connectivity index (χ0) is 19.6. The number of anilines is 2. The number of carbonyl (C=O) groups excluding carboxylic acids is 1. The van der Waals surface area contributed by atoms with Crippen LogP contribution in [0.1, 0.15) is 34.9 Å². The second kappa shape index (κ2) is 8.28. The Labute approximate surface area is 169 Å². The number of amides is 1. The van der Waals surface area contributed by atoms with Gasteiger partial charge in [0.2, 0.25) is 5.91 Å². The molecule has 0 unspecified atom stereocenters. The minimum absolute atomic E-state index is 0.0218. The Bertz CT molecular complexity index is 978. The lowest BCUT2D eigenvalue weighted by atomic mass is 10.1. The van der Waals surface area contributed by atoms with E-state index in [1.807, 2.05) is 24.4 Å². The Morgan fingerprint density at radius 3 is 2.56 bits per heavy atom. The molecule has 3 nitrogen and oxygen atoms in total. The summed E-state index contributed by atoms with van der Waals surface area (Å²) in [6.07, 6.45) is 0. The van der Waals surface area contributed by atoms with Crippen LogP contribution in [-0.2, 0) is 10.5 Å². The van der Waals surface area contributed by atoms with Gasteiger partial charge in [0.25, 0.3) is 0 Å². The van der Waals surface area contributed by atoms with Gasteiger partial charge in [-0.3, -0.25) is 9.69 Å². The highest BCUT2D eigenvalue weighted by molar-refractivity contribution is 7.98. The van der Waals surface area contributed by atoms with Crippen LogP contribution in [0.25, 0.3) is 0 Å². The molecule has 140 valence electrons. The number of benzene rings is 2. The quantitative estimate of drug-likeness (QED) is 0.471. The first-order valence-corrected chi connectivity index (χ1v) is 10.7. The van der Waals surface area contributed by atoms with Gasteiger partial charge in [-0.2, -0.15) is 0 Å². The molecular weight excluding hydrogens is 372 g/mol. The van der Waals surface area contributed by atoms with Crippen LogP contribution >= 0.6 is 23.1 Å². The van der Waals surface area contributed by atoms with E-state index in [-0.39, 0.29) is 5.91 Å². The van der Waals surface area contributed by atoms with E-state index in [1.165, 1.54) is 32.9 Å². The number of hydrogen-bond acceptors (Lipinski definition) is 4. The predicted octanol–water partition coefficient (Wildman–Crippen LogP) is 6.35. The molecule has 2 aromatic carbocycles. The standard InChI is InChI=1S/C22H24N2OS2/c1-14-9-10-20(11-16(14)3)26-12-19-13-27-22(23-19)24(18(5)25)21-8-6-7-15(2)17(21)4/h6-11,13H,12H2,1-5H3. The summed E-state index contributed by atoms with van der Waals surface area (Å²) < 4.78 is 0. The highest BCUT2D eigenvalue weighted by Gasteiger charge is 2.20. The molecule has 0 fully saturated rings. The summed E-state index contributed by atoms with van der Waals surface area (Å²) in [5.74, 6) is 0.767. The van der Waals surface area contributed by atoms with E-state index in [4.69, 9.17) is 4.98 Å². The molecular formula is C22H24N2OS2. The van der Waals surface area contributed by atoms with E-state index in [0.29, 0.717) is 0 Å². The summed E-state index contributed by atoms with van der Waals surface area (Å²) in [5, 5.41) is 2.77. The SMILES string of the molecule is CC(=O)N(c1nc(CSc2ccc(C)c(C)c2)cs1)c1cccc(C)c1C. The molecule has 5 heteroatoms. The maximum absolute atomic E-state index is 12.4. The van der Waals surface area contributed by atoms with Gasteiger partial charge < -0.3 is 0 Å². The molecule has 1 amide bonds. The maximum atomic E-state index is 12.4. The molecule has 3 rings (SSSR count). The van der Waals surface area contributed by atoms with Crippen LogP contribution in [0.5, 0.6) is 0 Å². The Morgan fingerprint density at radius 1 is 1.07 bits per heavy atom. The van der Waals surface area contributed by atoms with Crippen molar-refractivity contribution in [1.82, 2.24) is 4.98 Å². The van der Waals surface area contributed by atoms with Crippen molar-refractivity contribution in [1.29, 1.82) is 0 Å². The van der Waals surface area contributed by atoms with Crippen molar-refractivity contribution in [3.05, 3.63) is 69.7 Å². The minimum atomic E-state index is -0.0218. The molecule has 0 bridgehead atoms. The summed E-state index contributed by atoms with van der Waals surface area (Å²) in [6.45, 7) is 9.96. The molecule has 0 aliphatic carbocycles. The summed E-state index contributed by atoms with van der Waals surface area (Å²) in [6, 6.07) is 12.5. The Morgan fingerprint density at radius 2 is 1.85 bits per heavy atom. The Kier molecular flexibility index (Phi) is 6.02. The number of rotatable bonds is 5. The van der Waals surface area contributed by atoms with Crippen LogP contribution in [-0.4, -0.2) is 10.9 Å². The average Bonchev–Trinajstić information content (AvgIpc) is 3.08. The van der Waals surface area contributed by atoms with E-state index >= 15 is 0 Å². The van der Waals surface area contributed by atoms with E-state index < -0.39 is 0 Å². The van der Waals surface area contributed by atoms with Gasteiger partial charge in [0.05, 0.1) is 11.4 Å². The second-order valence-electron chi connectivity index (χ2n) is 6.73. The Balaban J connectivity index is 1.81. The molecule has 0 aliphatic rings. The highest BCUT2D eigenvalue weighted by atomic mass is 32.2. The summed E-state index contributed by atoms with van der Waals surface area (Å²) in [7, 11) is 0. The number of thiazole rings is 1. The zero-order valence-electron chi connectivity index (χ0n) is 16.4. The predicted molar refractivity (Wildman–Crippen MR) is 116 cm³/mol. The van der Waals surface area contributed by atoms with Crippen molar-refractivity contribution in [3.63, 3.8) is 0 Å². The normalized spacial score (nSPS) is 10.9. The number of nitrogens with zero attached hydrogens (tertiary/aromatic N) is 2. The van der Waals surface area contributed by atoms with Crippen molar-refractivity contribution in [2.45, 2.75) is 45.3 Å². The third-order valence-electron chi connectivity index (χ3n) is 4.73. The fourth-order valence-electron chi connectivity index (χ4n) is 2.81. The monoisotopic (exact) mass is 396 g/mol. The highest BCUT2D eigenvalue weighted by Crippen LogP contribution is 2.34. The lowest BCUT2D eigenvalue weighted by Crippen LogP contribution is -2.23. The van der Waals surface area contributed by atoms with Crippen LogP contribution in [0.15, 0.2) is 46.7 Å². The van der Waals surface area contributed by atoms with Crippen molar-refractivity contribution >= 4 is 39.8 Å². The van der Waals surface area contributed by atoms with E-state index in [1.54, 1.807) is 23.6 Å². The van der Waals surface area contributed by atoms with Gasteiger partial charge in [0.1, 0.15) is 0 Å². The van der Waals surface area contributed by atoms with Crippen molar-refractivity contribution in [2.24, 2.45) is 0 Å². The van der Waals surface area contributed by atoms with Gasteiger partial charge in [-0.05, 0) is 68.1 Å². The van der Waals surface area contributed by atoms with Crippen molar-refractivity contribution in [2.75, 3.05) is 4.90 Å². The fraction of sp³-hybridized carbons (Fsp3) is 0.273. The fourth-order valence-corrected chi connectivity index (χ4v) is 4.68. The minimum Gasteiger partial charge on any atom is -0.274 e. The third-order valence-corrected chi connectivity index (χ3v) is 6.63.